The number of nitrogens with zero attached hydrogens (tertiary/aromatic N) is 5. The lowest BCUT2D eigenvalue weighted by Crippen LogP contribution is -2.50. The van der Waals surface area contributed by atoms with Crippen molar-refractivity contribution < 1.29 is 38.1 Å². The summed E-state index contributed by atoms with van der Waals surface area (Å²) in [5, 5.41) is 25.6. The minimum atomic E-state index is -1.71. The monoisotopic (exact) mass is 846 g/mol. The molecule has 15 heteroatoms. The first-order valence-electron chi connectivity index (χ1n) is 20.0. The molecule has 3 amide bonds. The molecule has 0 aromatic heterocycles. The molecule has 4 heterocycles. The number of carbonyl (C=O) groups excluding carboxylic acids is 3. The highest BCUT2D eigenvalue weighted by Gasteiger charge is 2.50. The topological polar surface area (TPSA) is 129 Å². The number of carbonyl (C=O) groups is 3. The molecule has 4 aliphatic rings. The van der Waals surface area contributed by atoms with Crippen LogP contribution in [0.2, 0.25) is 0 Å². The van der Waals surface area contributed by atoms with Crippen molar-refractivity contribution in [2.45, 2.75) is 64.5 Å². The second kappa shape index (κ2) is 17.4. The van der Waals surface area contributed by atoms with Crippen LogP contribution in [0.15, 0.2) is 84.9 Å². The molecule has 2 atom stereocenters. The first-order valence-corrected chi connectivity index (χ1v) is 20.0. The number of nitrogens with one attached hydrogen (secondary N) is 1. The van der Waals surface area contributed by atoms with Crippen LogP contribution in [-0.4, -0.2) is 91.0 Å². The van der Waals surface area contributed by atoms with E-state index in [9.17, 15) is 33.4 Å². The Morgan fingerprint density at radius 3 is 1.48 bits per heavy atom. The predicted octanol–water partition coefficient (Wildman–Crippen LogP) is 6.05. The van der Waals surface area contributed by atoms with Gasteiger partial charge in [-0.25, -0.2) is 13.6 Å². The number of amides is 3. The van der Waals surface area contributed by atoms with Crippen molar-refractivity contribution in [1.29, 1.82) is 0 Å². The van der Waals surface area contributed by atoms with E-state index in [1.54, 1.807) is 47.1 Å². The van der Waals surface area contributed by atoms with E-state index < -0.39 is 22.7 Å². The highest BCUT2D eigenvalue weighted by atomic mass is 35.5. The molecule has 8 rings (SSSR count). The Balaban J connectivity index is 0.000000203. The molecule has 4 aliphatic heterocycles. The highest BCUT2D eigenvalue weighted by Crippen LogP contribution is 2.47. The third-order valence-corrected chi connectivity index (χ3v) is 11.1. The van der Waals surface area contributed by atoms with Crippen molar-refractivity contribution in [1.82, 2.24) is 10.2 Å². The van der Waals surface area contributed by atoms with Gasteiger partial charge in [0.25, 0.3) is 11.8 Å². The Morgan fingerprint density at radius 1 is 0.667 bits per heavy atom. The number of anilines is 4. The van der Waals surface area contributed by atoms with Crippen LogP contribution in [0.3, 0.4) is 0 Å². The lowest BCUT2D eigenvalue weighted by atomic mass is 9.95. The number of hydrogen-bond donors (Lipinski definition) is 3. The van der Waals surface area contributed by atoms with Gasteiger partial charge >= 0.3 is 6.09 Å². The van der Waals surface area contributed by atoms with Crippen LogP contribution in [-0.2, 0) is 38.6 Å². The molecule has 12 nitrogen and oxygen atoms in total. The Bertz CT molecular complexity index is 2240. The van der Waals surface area contributed by atoms with Crippen LogP contribution < -0.4 is 24.9 Å². The molecule has 4 aromatic carbocycles. The molecular weight excluding hydrogens is 794 g/mol. The van der Waals surface area contributed by atoms with Gasteiger partial charge in [-0.2, -0.15) is 0 Å². The molecule has 60 heavy (non-hydrogen) atoms. The van der Waals surface area contributed by atoms with Gasteiger partial charge in [-0.05, 0) is 94.3 Å². The number of fused-ring (bicyclic) bond motifs is 2. The third-order valence-electron chi connectivity index (χ3n) is 11.1. The molecule has 0 spiro atoms. The zero-order chi connectivity index (χ0) is 42.3. The van der Waals surface area contributed by atoms with Crippen LogP contribution in [0, 0.1) is 11.6 Å². The summed E-state index contributed by atoms with van der Waals surface area (Å²) >= 11 is 0. The first kappa shape index (κ1) is 44.3. The summed E-state index contributed by atoms with van der Waals surface area (Å²) in [5.74, 6) is -1.53. The number of halogens is 3. The molecular formula is C45H53ClF2N6O6. The molecule has 0 radical (unpaired) electrons. The maximum atomic E-state index is 13.7. The Morgan fingerprint density at radius 2 is 1.07 bits per heavy atom. The van der Waals surface area contributed by atoms with Crippen LogP contribution in [0.5, 0.6) is 0 Å². The number of aliphatic hydroxyl groups is 2. The predicted molar refractivity (Wildman–Crippen MR) is 230 cm³/mol. The van der Waals surface area contributed by atoms with Crippen molar-refractivity contribution >= 4 is 53.1 Å². The van der Waals surface area contributed by atoms with Gasteiger partial charge in [0, 0.05) is 74.9 Å². The van der Waals surface area contributed by atoms with E-state index in [2.05, 4.69) is 15.1 Å². The fourth-order valence-electron chi connectivity index (χ4n) is 8.30. The first-order chi connectivity index (χ1) is 28.0. The molecule has 0 bridgehead atoms. The van der Waals surface area contributed by atoms with E-state index in [1.165, 1.54) is 36.1 Å². The number of piperazine rings is 2. The summed E-state index contributed by atoms with van der Waals surface area (Å²) in [6.07, 6.45) is -0.344. The molecule has 3 N–H and O–H groups in total. The van der Waals surface area contributed by atoms with E-state index in [0.717, 1.165) is 37.6 Å². The standard InChI is InChI=1S/C25H30FN3O4.C20H22FN3O2.ClH/c1-24(2,3)33-23(31)28-13-11-27(12-14-28)19-9-6-10-20-21(19)25(4,32)22(30)29(20)16-17-7-5-8-18(26)15-17;1-20(26)18-16(23-10-8-22-9-11-23)6-3-7-17(18)24(19(20)25)13-14-4-2-5-15(21)12-14;/h5-10,15,32H,11-14,16H2,1-4H3;2-7,12,22,26H,8-11,13H2,1H3;1H. The SMILES string of the molecule is CC(C)(C)OC(=O)N1CCN(c2cccc3c2C(C)(O)C(=O)N3Cc2cccc(F)c2)CC1.CC1(O)C(=O)N(Cc2cccc(F)c2)c2cccc(N3CCNCC3)c21.Cl. The normalized spacial score (nSPS) is 21.2. The minimum absolute atomic E-state index is 0. The number of benzene rings is 4. The summed E-state index contributed by atoms with van der Waals surface area (Å²) in [4.78, 5) is 47.5. The minimum Gasteiger partial charge on any atom is -0.444 e. The number of ether oxygens (including phenoxy) is 1. The smallest absolute Gasteiger partial charge is 0.410 e. The van der Waals surface area contributed by atoms with Crippen LogP contribution in [0.4, 0.5) is 36.3 Å². The Hall–Kier alpha value is -5.28. The van der Waals surface area contributed by atoms with E-state index in [0.29, 0.717) is 59.8 Å². The average Bonchev–Trinajstić information content (AvgIpc) is 3.51. The summed E-state index contributed by atoms with van der Waals surface area (Å²) < 4.78 is 32.7. The van der Waals surface area contributed by atoms with Crippen LogP contribution in [0.25, 0.3) is 0 Å². The lowest BCUT2D eigenvalue weighted by molar-refractivity contribution is -0.134. The quantitative estimate of drug-likeness (QED) is 0.213. The summed E-state index contributed by atoms with van der Waals surface area (Å²) in [5.41, 5.74) is 1.62. The molecule has 4 aromatic rings. The lowest BCUT2D eigenvalue weighted by Gasteiger charge is -2.38. The third kappa shape index (κ3) is 8.92. The van der Waals surface area contributed by atoms with Gasteiger partial charge in [-0.3, -0.25) is 9.59 Å². The molecule has 2 fully saturated rings. The van der Waals surface area contributed by atoms with Crippen molar-refractivity contribution in [3.63, 3.8) is 0 Å². The maximum Gasteiger partial charge on any atom is 0.410 e. The fraction of sp³-hybridized carbons (Fsp3) is 0.400. The summed E-state index contributed by atoms with van der Waals surface area (Å²) in [6, 6.07) is 23.5. The van der Waals surface area contributed by atoms with Gasteiger partial charge in [0.05, 0.1) is 24.5 Å². The second-order valence-corrected chi connectivity index (χ2v) is 16.7. The molecule has 2 saturated heterocycles. The van der Waals surface area contributed by atoms with Crippen molar-refractivity contribution in [2.75, 3.05) is 72.0 Å². The molecule has 320 valence electrons. The summed E-state index contributed by atoms with van der Waals surface area (Å²) in [7, 11) is 0. The van der Waals surface area contributed by atoms with Gasteiger partial charge in [0.1, 0.15) is 17.2 Å². The van der Waals surface area contributed by atoms with E-state index in [4.69, 9.17) is 4.74 Å². The second-order valence-electron chi connectivity index (χ2n) is 16.7. The van der Waals surface area contributed by atoms with Gasteiger partial charge in [0.15, 0.2) is 11.2 Å². The van der Waals surface area contributed by atoms with Gasteiger partial charge < -0.3 is 44.8 Å². The maximum absolute atomic E-state index is 13.7. The molecule has 0 aliphatic carbocycles. The Kier molecular flexibility index (Phi) is 12.8. The molecule has 0 saturated carbocycles. The van der Waals surface area contributed by atoms with E-state index in [-0.39, 0.29) is 49.1 Å². The van der Waals surface area contributed by atoms with Crippen LogP contribution >= 0.6 is 12.4 Å². The number of rotatable bonds is 6. The zero-order valence-electron chi connectivity index (χ0n) is 34.6. The van der Waals surface area contributed by atoms with Gasteiger partial charge in [0.2, 0.25) is 0 Å². The van der Waals surface area contributed by atoms with Gasteiger partial charge in [-0.15, -0.1) is 12.4 Å². The fourth-order valence-corrected chi connectivity index (χ4v) is 8.30. The largest absolute Gasteiger partial charge is 0.444 e. The number of hydrogen-bond acceptors (Lipinski definition) is 9. The molecule has 2 unspecified atom stereocenters. The van der Waals surface area contributed by atoms with E-state index in [1.807, 2.05) is 51.1 Å². The Labute approximate surface area is 355 Å². The van der Waals surface area contributed by atoms with Crippen LogP contribution in [0.1, 0.15) is 56.9 Å². The highest BCUT2D eigenvalue weighted by molar-refractivity contribution is 6.09. The van der Waals surface area contributed by atoms with Crippen molar-refractivity contribution in [3.05, 3.63) is 119 Å². The van der Waals surface area contributed by atoms with Gasteiger partial charge in [-0.1, -0.05) is 36.4 Å². The average molecular weight is 847 g/mol. The van der Waals surface area contributed by atoms with Crippen molar-refractivity contribution in [2.24, 2.45) is 0 Å². The zero-order valence-corrected chi connectivity index (χ0v) is 35.4. The van der Waals surface area contributed by atoms with E-state index >= 15 is 0 Å². The summed E-state index contributed by atoms with van der Waals surface area (Å²) in [6.45, 7) is 14.4. The van der Waals surface area contributed by atoms with Crippen molar-refractivity contribution in [3.8, 4) is 0 Å².